The van der Waals surface area contributed by atoms with Gasteiger partial charge in [-0.05, 0) is 249 Å². The quantitative estimate of drug-likeness (QED) is 0.0278. The number of rotatable bonds is 36. The molecule has 0 saturated heterocycles. The molecule has 0 amide bonds. The first-order valence-corrected chi connectivity index (χ1v) is 38.2. The second kappa shape index (κ2) is 162. The molecular weight excluding hydrogens is 1160 g/mol. The van der Waals surface area contributed by atoms with Crippen molar-refractivity contribution in [3.8, 4) is 0 Å². The molecule has 0 aliphatic carbocycles. The molecule has 0 atom stereocenters. The third kappa shape index (κ3) is 157. The second-order valence-electron chi connectivity index (χ2n) is 21.7. The van der Waals surface area contributed by atoms with Gasteiger partial charge in [0.15, 0.2) is 0 Å². The van der Waals surface area contributed by atoms with Crippen molar-refractivity contribution >= 4 is 101 Å². The standard InChI is InChI=1S/12C6H15N.12B/c12*1-4-7(5-2)6-3;;;;;;;;;;;;/h12*4-6H2,1-3H3;;;;;;;;;;;;/q;;;;;;;;;;;;12*-1/p+12. The van der Waals surface area contributed by atoms with Crippen LogP contribution in [0.3, 0.4) is 0 Å². The monoisotopic (exact) mass is 1360 g/mol. The molecule has 0 unspecified atom stereocenters. The van der Waals surface area contributed by atoms with E-state index < -0.39 is 0 Å². The number of quaternary nitrogens is 12. The highest BCUT2D eigenvalue weighted by Crippen LogP contribution is 1.53. The number of hydrogen-bond donors (Lipinski definition) is 12. The van der Waals surface area contributed by atoms with Crippen LogP contribution in [0.15, 0.2) is 0 Å². The average Bonchev–Trinajstić information content (AvgIpc) is 3.54. The summed E-state index contributed by atoms with van der Waals surface area (Å²) in [5.74, 6) is 0. The summed E-state index contributed by atoms with van der Waals surface area (Å²) in [6.45, 7) is 126. The lowest BCUT2D eigenvalue weighted by Gasteiger charge is -2.10. The van der Waals surface area contributed by atoms with Crippen molar-refractivity contribution in [2.24, 2.45) is 0 Å². The van der Waals surface area contributed by atoms with Gasteiger partial charge in [0.2, 0.25) is 0 Å². The summed E-state index contributed by atoms with van der Waals surface area (Å²) >= 11 is 0. The average molecular weight is 1360 g/mol. The van der Waals surface area contributed by atoms with E-state index in [0.29, 0.717) is 0 Å². The summed E-state index contributed by atoms with van der Waals surface area (Å²) < 4.78 is 0. The van der Waals surface area contributed by atoms with Crippen molar-refractivity contribution in [3.63, 3.8) is 0 Å². The first kappa shape index (κ1) is 167. The molecule has 12 nitrogen and oxygen atoms in total. The minimum absolute atomic E-state index is 0. The molecule has 0 spiro atoms. The van der Waals surface area contributed by atoms with Crippen LogP contribution in [0.1, 0.15) is 249 Å². The molecule has 24 heteroatoms. The Labute approximate surface area is 641 Å². The summed E-state index contributed by atoms with van der Waals surface area (Å²) in [5.41, 5.74) is 0. The lowest BCUT2D eigenvalue weighted by Crippen LogP contribution is -3.11. The molecular formula is C72H192B12N12. The molecule has 96 heavy (non-hydrogen) atoms. The van der Waals surface area contributed by atoms with Crippen molar-refractivity contribution in [2.75, 3.05) is 236 Å². The molecule has 0 aliphatic heterocycles. The van der Waals surface area contributed by atoms with Crippen LogP contribution >= 0.6 is 0 Å². The van der Waals surface area contributed by atoms with E-state index in [0.717, 1.165) is 0 Å². The Kier molecular flexibility index (Phi) is 283. The molecule has 0 aromatic heterocycles. The summed E-state index contributed by atoms with van der Waals surface area (Å²) in [6, 6.07) is 0. The molecule has 0 fully saturated rings. The van der Waals surface area contributed by atoms with Crippen molar-refractivity contribution in [1.82, 2.24) is 0 Å². The molecule has 0 aromatic carbocycles. The topological polar surface area (TPSA) is 53.3 Å². The van der Waals surface area contributed by atoms with Gasteiger partial charge in [-0.2, -0.15) is 0 Å². The Balaban J connectivity index is -0.0000000265. The second-order valence-corrected chi connectivity index (χ2v) is 21.7. The molecule has 12 N–H and O–H groups in total. The normalized spacial score (nSPS) is 9.00. The molecule has 0 bridgehead atoms. The van der Waals surface area contributed by atoms with Gasteiger partial charge in [0.1, 0.15) is 0 Å². The van der Waals surface area contributed by atoms with Gasteiger partial charge in [0, 0.05) is 0 Å². The first-order valence-electron chi connectivity index (χ1n) is 38.2. The SMILES string of the molecule is CC[NH+](CC)CC.CC[NH+](CC)CC.CC[NH+](CC)CC.CC[NH+](CC)CC.CC[NH+](CC)CC.CC[NH+](CC)CC.CC[NH+](CC)CC.CC[NH+](CC)CC.CC[NH+](CC)CC.CC[NH+](CC)CC.CC[NH+](CC)CC.CC[NH+](CC)CC.[B-].[B-].[B-].[B-].[B-].[B-].[B-].[B-].[B-].[B-].[B-].[B-]. The third-order valence-electron chi connectivity index (χ3n) is 18.0. The van der Waals surface area contributed by atoms with Crippen LogP contribution in [-0.2, 0) is 0 Å². The van der Waals surface area contributed by atoms with Gasteiger partial charge >= 0.3 is 0 Å². The van der Waals surface area contributed by atoms with Gasteiger partial charge in [0.25, 0.3) is 0 Å². The van der Waals surface area contributed by atoms with E-state index in [4.69, 9.17) is 0 Å². The Hall–Kier alpha value is 0.299. The van der Waals surface area contributed by atoms with Crippen LogP contribution in [0.25, 0.3) is 0 Å². The lowest BCUT2D eigenvalue weighted by molar-refractivity contribution is -0.894. The fourth-order valence-electron chi connectivity index (χ4n) is 9.00. The smallest absolute Gasteiger partial charge is 0.0742 e. The molecule has 576 valence electrons. The zero-order chi connectivity index (χ0) is 68.4. The van der Waals surface area contributed by atoms with E-state index in [1.165, 1.54) is 236 Å². The van der Waals surface area contributed by atoms with Crippen molar-refractivity contribution in [1.29, 1.82) is 0 Å². The summed E-state index contributed by atoms with van der Waals surface area (Å²) in [6.07, 6.45) is 0. The maximum Gasteiger partial charge on any atom is 0.0742 e. The predicted octanol–water partition coefficient (Wildman–Crippen LogP) is -5.40. The van der Waals surface area contributed by atoms with Crippen LogP contribution < -0.4 is 58.8 Å². The summed E-state index contributed by atoms with van der Waals surface area (Å²) in [7, 11) is 0. The zero-order valence-corrected chi connectivity index (χ0v) is 74.4. The molecule has 0 aliphatic rings. The van der Waals surface area contributed by atoms with Crippen LogP contribution in [0.2, 0.25) is 0 Å². The molecule has 48 radical (unpaired) electrons. The van der Waals surface area contributed by atoms with E-state index in [1.54, 1.807) is 58.8 Å². The maximum atomic E-state index is 2.22. The van der Waals surface area contributed by atoms with Crippen molar-refractivity contribution in [3.05, 3.63) is 0 Å². The molecule has 0 rings (SSSR count). The van der Waals surface area contributed by atoms with Gasteiger partial charge in [-0.15, -0.1) is 0 Å². The van der Waals surface area contributed by atoms with E-state index in [2.05, 4.69) is 249 Å². The number of nitrogens with one attached hydrogen (secondary N) is 12. The maximum absolute atomic E-state index is 2.22. The summed E-state index contributed by atoms with van der Waals surface area (Å²) in [4.78, 5) is 20.2. The lowest BCUT2D eigenvalue weighted by atomic mass is 10.5. The first-order chi connectivity index (χ1) is 40.2. The largest absolute Gasteiger partial charge is 1.00 e. The third-order valence-corrected chi connectivity index (χ3v) is 18.0. The highest BCUT2D eigenvalue weighted by atomic mass is 15.1. The van der Waals surface area contributed by atoms with Gasteiger partial charge in [-0.3, -0.25) is 0 Å². The van der Waals surface area contributed by atoms with Crippen LogP contribution in [0.4, 0.5) is 0 Å². The molecule has 0 heterocycles. The predicted molar refractivity (Wildman–Crippen MR) is 460 cm³/mol. The Morgan fingerprint density at radius 2 is 0.0938 bits per heavy atom. The highest BCUT2D eigenvalue weighted by molar-refractivity contribution is 5.77. The van der Waals surface area contributed by atoms with E-state index >= 15 is 0 Å². The minimum Gasteiger partial charge on any atom is -1.00 e. The van der Waals surface area contributed by atoms with Crippen LogP contribution in [0.5, 0.6) is 0 Å². The van der Waals surface area contributed by atoms with E-state index in [9.17, 15) is 0 Å². The summed E-state index contributed by atoms with van der Waals surface area (Å²) in [5, 5.41) is 0. The van der Waals surface area contributed by atoms with Gasteiger partial charge in [0.05, 0.1) is 236 Å². The van der Waals surface area contributed by atoms with E-state index in [-0.39, 0.29) is 101 Å². The fraction of sp³-hybridized carbons (Fsp3) is 1.00. The van der Waals surface area contributed by atoms with Crippen LogP contribution in [0, 0.1) is 0 Å². The Bertz CT molecular complexity index is 618. The fourth-order valence-corrected chi connectivity index (χ4v) is 9.00. The van der Waals surface area contributed by atoms with Gasteiger partial charge < -0.3 is 160 Å². The Morgan fingerprint density at radius 3 is 0.0938 bits per heavy atom. The van der Waals surface area contributed by atoms with Crippen LogP contribution in [-0.4, -0.2) is 337 Å². The van der Waals surface area contributed by atoms with Gasteiger partial charge in [-0.25, -0.2) is 0 Å². The minimum atomic E-state index is 0. The highest BCUT2D eigenvalue weighted by Gasteiger charge is 1.99. The molecule has 0 aromatic rings. The van der Waals surface area contributed by atoms with E-state index in [1.807, 2.05) is 0 Å². The molecule has 0 saturated carbocycles. The zero-order valence-electron chi connectivity index (χ0n) is 74.4. The Morgan fingerprint density at radius 1 is 0.0729 bits per heavy atom. The van der Waals surface area contributed by atoms with Crippen molar-refractivity contribution < 1.29 is 58.8 Å². The van der Waals surface area contributed by atoms with Gasteiger partial charge in [-0.1, -0.05) is 0 Å². The van der Waals surface area contributed by atoms with Crippen molar-refractivity contribution in [2.45, 2.75) is 249 Å². The number of hydrogen-bond acceptors (Lipinski definition) is 0.